The van der Waals surface area contributed by atoms with E-state index in [0.717, 1.165) is 31.8 Å². The molecule has 1 fully saturated rings. The number of hydrogen-bond donors (Lipinski definition) is 0. The van der Waals surface area contributed by atoms with Gasteiger partial charge in [-0.1, -0.05) is 17.4 Å². The van der Waals surface area contributed by atoms with E-state index in [9.17, 15) is 9.59 Å². The second-order valence-electron chi connectivity index (χ2n) is 9.14. The lowest BCUT2D eigenvalue weighted by molar-refractivity contribution is -0.139. The van der Waals surface area contributed by atoms with Crippen molar-refractivity contribution in [2.75, 3.05) is 31.4 Å². The van der Waals surface area contributed by atoms with Gasteiger partial charge in [-0.15, -0.1) is 0 Å². The monoisotopic (exact) mass is 521 g/mol. The number of anilines is 1. The van der Waals surface area contributed by atoms with Crippen molar-refractivity contribution in [1.82, 2.24) is 4.57 Å². The summed E-state index contributed by atoms with van der Waals surface area (Å²) in [5, 5.41) is 0. The maximum atomic E-state index is 13.8. The molecule has 0 aliphatic carbocycles. The molecule has 1 atom stereocenters. The Morgan fingerprint density at radius 2 is 1.97 bits per heavy atom. The highest BCUT2D eigenvalue weighted by Crippen LogP contribution is 2.38. The molecule has 0 amide bonds. The van der Waals surface area contributed by atoms with Crippen molar-refractivity contribution in [3.63, 3.8) is 0 Å². The largest absolute Gasteiger partial charge is 0.463 e. The van der Waals surface area contributed by atoms with Gasteiger partial charge in [-0.05, 0) is 56.9 Å². The second-order valence-corrected chi connectivity index (χ2v) is 10.1. The number of esters is 1. The third kappa shape index (κ3) is 4.25. The maximum absolute atomic E-state index is 13.8. The number of fused-ring (bicyclic) bond motifs is 2. The Morgan fingerprint density at radius 1 is 1.16 bits per heavy atom. The third-order valence-corrected chi connectivity index (χ3v) is 7.77. The van der Waals surface area contributed by atoms with E-state index >= 15 is 0 Å². The summed E-state index contributed by atoms with van der Waals surface area (Å²) in [6, 6.07) is 8.55. The van der Waals surface area contributed by atoms with Crippen LogP contribution in [0.15, 0.2) is 55.8 Å². The predicted octanol–water partition coefficient (Wildman–Crippen LogP) is 3.11. The van der Waals surface area contributed by atoms with Crippen molar-refractivity contribution >= 4 is 29.3 Å². The summed E-state index contributed by atoms with van der Waals surface area (Å²) in [5.74, 6) is 2.11. The SMILES string of the molecule is CCOC(=O)C1=C(C)N=c2s/c(=C/c3ccc(N4CCCCC4)o3)c(=O)n2C1c1ccc2c(c1)OCO2. The molecule has 1 saturated heterocycles. The molecule has 0 bridgehead atoms. The van der Waals surface area contributed by atoms with Crippen molar-refractivity contribution in [1.29, 1.82) is 0 Å². The van der Waals surface area contributed by atoms with E-state index < -0.39 is 12.0 Å². The summed E-state index contributed by atoms with van der Waals surface area (Å²) in [5.41, 5.74) is 1.29. The molecule has 2 aromatic heterocycles. The molecule has 10 heteroatoms. The van der Waals surface area contributed by atoms with Gasteiger partial charge in [-0.2, -0.15) is 0 Å². The van der Waals surface area contributed by atoms with Crippen LogP contribution >= 0.6 is 11.3 Å². The van der Waals surface area contributed by atoms with Crippen LogP contribution < -0.4 is 29.3 Å². The number of ether oxygens (including phenoxy) is 3. The molecular weight excluding hydrogens is 494 g/mol. The standard InChI is InChI=1S/C27H27N3O6S/c1-3-33-26(32)23-16(2)28-27-30(24(23)17-7-9-19-20(13-17)35-15-34-19)25(31)21(37-27)14-18-8-10-22(36-18)29-11-5-4-6-12-29/h7-10,13-14,24H,3-6,11-12,15H2,1-2H3/b21-14+. The quantitative estimate of drug-likeness (QED) is 0.476. The van der Waals surface area contributed by atoms with Gasteiger partial charge in [0.15, 0.2) is 22.2 Å². The summed E-state index contributed by atoms with van der Waals surface area (Å²) in [4.78, 5) is 34.2. The Bertz CT molecular complexity index is 1570. The normalized spacial score (nSPS) is 19.1. The summed E-state index contributed by atoms with van der Waals surface area (Å²) in [6.45, 7) is 5.80. The fourth-order valence-electron chi connectivity index (χ4n) is 5.02. The van der Waals surface area contributed by atoms with E-state index in [-0.39, 0.29) is 19.0 Å². The topological polar surface area (TPSA) is 95.5 Å². The number of carbonyl (C=O) groups excluding carboxylic acids is 1. The average molecular weight is 522 g/mol. The first-order chi connectivity index (χ1) is 18.0. The van der Waals surface area contributed by atoms with E-state index in [2.05, 4.69) is 9.89 Å². The van der Waals surface area contributed by atoms with Crippen LogP contribution in [-0.2, 0) is 9.53 Å². The van der Waals surface area contributed by atoms with E-state index in [0.29, 0.717) is 43.4 Å². The minimum atomic E-state index is -0.715. The summed E-state index contributed by atoms with van der Waals surface area (Å²) < 4.78 is 24.5. The lowest BCUT2D eigenvalue weighted by Crippen LogP contribution is -2.39. The number of nitrogens with zero attached hydrogens (tertiary/aromatic N) is 3. The maximum Gasteiger partial charge on any atom is 0.338 e. The molecule has 37 heavy (non-hydrogen) atoms. The number of furan rings is 1. The highest BCUT2D eigenvalue weighted by Gasteiger charge is 2.34. The molecule has 9 nitrogen and oxygen atoms in total. The summed E-state index contributed by atoms with van der Waals surface area (Å²) in [6.07, 6.45) is 5.29. The lowest BCUT2D eigenvalue weighted by Gasteiger charge is -2.25. The molecule has 0 N–H and O–H groups in total. The molecule has 1 unspecified atom stereocenters. The van der Waals surface area contributed by atoms with Crippen LogP contribution in [0.25, 0.3) is 6.08 Å². The molecule has 0 saturated carbocycles. The van der Waals surface area contributed by atoms with Crippen molar-refractivity contribution in [2.45, 2.75) is 39.2 Å². The van der Waals surface area contributed by atoms with Gasteiger partial charge in [0.25, 0.3) is 5.56 Å². The smallest absolute Gasteiger partial charge is 0.338 e. The van der Waals surface area contributed by atoms with Crippen LogP contribution in [0.2, 0.25) is 0 Å². The van der Waals surface area contributed by atoms with Crippen LogP contribution in [0.1, 0.15) is 50.5 Å². The number of hydrogen-bond acceptors (Lipinski definition) is 9. The number of aromatic nitrogens is 1. The van der Waals surface area contributed by atoms with E-state index in [4.69, 9.17) is 18.6 Å². The molecule has 5 heterocycles. The zero-order valence-electron chi connectivity index (χ0n) is 20.7. The number of thiazole rings is 1. The van der Waals surface area contributed by atoms with Crippen LogP contribution in [0.4, 0.5) is 5.88 Å². The van der Waals surface area contributed by atoms with E-state index in [1.54, 1.807) is 36.6 Å². The highest BCUT2D eigenvalue weighted by molar-refractivity contribution is 7.07. The molecule has 6 rings (SSSR count). The van der Waals surface area contributed by atoms with Gasteiger partial charge in [0.2, 0.25) is 6.79 Å². The van der Waals surface area contributed by atoms with Crippen LogP contribution in [-0.4, -0.2) is 37.0 Å². The Morgan fingerprint density at radius 3 is 2.78 bits per heavy atom. The van der Waals surface area contributed by atoms with E-state index in [1.165, 1.54) is 17.8 Å². The number of allylic oxidation sites excluding steroid dienone is 1. The molecule has 0 radical (unpaired) electrons. The Kier molecular flexibility index (Phi) is 6.11. The van der Waals surface area contributed by atoms with Gasteiger partial charge in [-0.25, -0.2) is 9.79 Å². The molecule has 3 aliphatic rings. The van der Waals surface area contributed by atoms with Crippen molar-refractivity contribution < 1.29 is 23.4 Å². The van der Waals surface area contributed by atoms with Gasteiger partial charge >= 0.3 is 5.97 Å². The first-order valence-electron chi connectivity index (χ1n) is 12.5. The van der Waals surface area contributed by atoms with Gasteiger partial charge in [-0.3, -0.25) is 9.36 Å². The summed E-state index contributed by atoms with van der Waals surface area (Å²) >= 11 is 1.27. The fourth-order valence-corrected chi connectivity index (χ4v) is 6.05. The summed E-state index contributed by atoms with van der Waals surface area (Å²) in [7, 11) is 0. The van der Waals surface area contributed by atoms with Crippen molar-refractivity contribution in [3.05, 3.63) is 72.6 Å². The number of benzene rings is 1. The minimum absolute atomic E-state index is 0.129. The molecule has 192 valence electrons. The molecule has 3 aliphatic heterocycles. The molecule has 0 spiro atoms. The Hall–Kier alpha value is -3.79. The van der Waals surface area contributed by atoms with Crippen molar-refractivity contribution in [3.8, 4) is 11.5 Å². The van der Waals surface area contributed by atoms with E-state index in [1.807, 2.05) is 18.2 Å². The molecule has 3 aromatic rings. The van der Waals surface area contributed by atoms with Crippen LogP contribution in [0.5, 0.6) is 11.5 Å². The highest BCUT2D eigenvalue weighted by atomic mass is 32.1. The average Bonchev–Trinajstić information content (AvgIpc) is 3.63. The van der Waals surface area contributed by atoms with Crippen molar-refractivity contribution in [2.24, 2.45) is 4.99 Å². The molecular formula is C27H27N3O6S. The fraction of sp³-hybridized carbons (Fsp3) is 0.370. The van der Waals surface area contributed by atoms with Gasteiger partial charge in [0, 0.05) is 25.2 Å². The number of rotatable bonds is 5. The van der Waals surface area contributed by atoms with Crippen LogP contribution in [0, 0.1) is 0 Å². The van der Waals surface area contributed by atoms with Gasteiger partial charge in [0.1, 0.15) is 5.76 Å². The van der Waals surface area contributed by atoms with Gasteiger partial charge < -0.3 is 23.5 Å². The Labute approximate surface area is 216 Å². The predicted molar refractivity (Wildman–Crippen MR) is 138 cm³/mol. The first-order valence-corrected chi connectivity index (χ1v) is 13.3. The first kappa shape index (κ1) is 23.6. The van der Waals surface area contributed by atoms with Gasteiger partial charge in [0.05, 0.1) is 28.5 Å². The minimum Gasteiger partial charge on any atom is -0.463 e. The molecule has 1 aromatic carbocycles. The number of piperidine rings is 1. The van der Waals surface area contributed by atoms with Crippen LogP contribution in [0.3, 0.4) is 0 Å². The Balaban J connectivity index is 1.45. The third-order valence-electron chi connectivity index (χ3n) is 6.78. The zero-order valence-corrected chi connectivity index (χ0v) is 21.5. The number of carbonyl (C=O) groups is 1. The second kappa shape index (κ2) is 9.59. The zero-order chi connectivity index (χ0) is 25.5. The lowest BCUT2D eigenvalue weighted by atomic mass is 9.95.